The second-order valence-corrected chi connectivity index (χ2v) is 3.79. The highest BCUT2D eigenvalue weighted by Gasteiger charge is 1.96. The molecule has 0 aromatic heterocycles. The molecule has 4 heteroatoms. The monoisotopic (exact) mass is 235 g/mol. The van der Waals surface area contributed by atoms with Gasteiger partial charge in [-0.1, -0.05) is 19.1 Å². The summed E-state index contributed by atoms with van der Waals surface area (Å²) < 4.78 is 0. The Balaban J connectivity index is 2.55. The van der Waals surface area contributed by atoms with E-state index in [2.05, 4.69) is 22.5 Å². The molecule has 17 heavy (non-hydrogen) atoms. The average Bonchev–Trinajstić information content (AvgIpc) is 2.35. The Kier molecular flexibility index (Phi) is 5.93. The van der Waals surface area contributed by atoms with E-state index in [9.17, 15) is 5.11 Å². The van der Waals surface area contributed by atoms with Crippen LogP contribution in [0.4, 0.5) is 0 Å². The average molecular weight is 235 g/mol. The Hall–Kier alpha value is -1.71. The van der Waals surface area contributed by atoms with E-state index in [4.69, 9.17) is 0 Å². The molecule has 3 N–H and O–H groups in total. The molecule has 1 aromatic carbocycles. The van der Waals surface area contributed by atoms with Gasteiger partial charge >= 0.3 is 0 Å². The molecule has 0 heterocycles. The number of nitrogens with one attached hydrogen (secondary N) is 2. The van der Waals surface area contributed by atoms with Gasteiger partial charge in [0.2, 0.25) is 0 Å². The molecule has 0 aliphatic carbocycles. The minimum Gasteiger partial charge on any atom is -0.508 e. The molecule has 0 saturated heterocycles. The number of guanidine groups is 1. The van der Waals surface area contributed by atoms with Crippen LogP contribution in [0.2, 0.25) is 0 Å². The lowest BCUT2D eigenvalue weighted by Gasteiger charge is -2.10. The number of aliphatic imine (C=N–C) groups is 1. The van der Waals surface area contributed by atoms with Gasteiger partial charge in [0.15, 0.2) is 5.96 Å². The fraction of sp³-hybridized carbons (Fsp3) is 0.462. The van der Waals surface area contributed by atoms with Gasteiger partial charge in [-0.05, 0) is 31.0 Å². The molecule has 4 nitrogen and oxygen atoms in total. The summed E-state index contributed by atoms with van der Waals surface area (Å²) in [5, 5.41) is 15.6. The Morgan fingerprint density at radius 2 is 1.88 bits per heavy atom. The Bertz CT molecular complexity index is 346. The summed E-state index contributed by atoms with van der Waals surface area (Å²) in [4.78, 5) is 4.46. The predicted octanol–water partition coefficient (Wildman–Crippen LogP) is 1.86. The standard InChI is InChI=1S/C13H21N3O/c1-3-9-15-13(14-4-2)16-10-11-5-7-12(17)8-6-11/h5-8,17H,3-4,9-10H2,1-2H3,(H2,14,15,16). The van der Waals surface area contributed by atoms with Crippen LogP contribution in [-0.4, -0.2) is 24.2 Å². The van der Waals surface area contributed by atoms with Gasteiger partial charge in [-0.15, -0.1) is 0 Å². The van der Waals surface area contributed by atoms with Crippen LogP contribution in [0, 0.1) is 0 Å². The van der Waals surface area contributed by atoms with E-state index in [1.54, 1.807) is 12.1 Å². The minimum atomic E-state index is 0.286. The lowest BCUT2D eigenvalue weighted by molar-refractivity contribution is 0.475. The zero-order valence-electron chi connectivity index (χ0n) is 10.5. The van der Waals surface area contributed by atoms with E-state index in [1.807, 2.05) is 19.1 Å². The molecule has 1 rings (SSSR count). The molecule has 0 aliphatic rings. The Morgan fingerprint density at radius 3 is 2.47 bits per heavy atom. The lowest BCUT2D eigenvalue weighted by atomic mass is 10.2. The van der Waals surface area contributed by atoms with Gasteiger partial charge in [-0.25, -0.2) is 4.99 Å². The summed E-state index contributed by atoms with van der Waals surface area (Å²) in [6, 6.07) is 7.11. The first kappa shape index (κ1) is 13.4. The molecule has 0 bridgehead atoms. The molecular weight excluding hydrogens is 214 g/mol. The van der Waals surface area contributed by atoms with Gasteiger partial charge < -0.3 is 15.7 Å². The number of hydrogen-bond donors (Lipinski definition) is 3. The van der Waals surface area contributed by atoms with E-state index in [0.717, 1.165) is 31.0 Å². The van der Waals surface area contributed by atoms with Crippen molar-refractivity contribution in [3.63, 3.8) is 0 Å². The van der Waals surface area contributed by atoms with Crippen LogP contribution < -0.4 is 10.6 Å². The Labute approximate surface area is 103 Å². The van der Waals surface area contributed by atoms with Crippen LogP contribution >= 0.6 is 0 Å². The number of phenols is 1. The summed E-state index contributed by atoms with van der Waals surface area (Å²) in [5.74, 6) is 1.12. The molecule has 0 amide bonds. The van der Waals surface area contributed by atoms with Crippen molar-refractivity contribution < 1.29 is 5.11 Å². The molecular formula is C13H21N3O. The van der Waals surface area contributed by atoms with Crippen molar-refractivity contribution in [1.29, 1.82) is 0 Å². The van der Waals surface area contributed by atoms with Crippen molar-refractivity contribution in [3.8, 4) is 5.75 Å². The maximum Gasteiger partial charge on any atom is 0.191 e. The summed E-state index contributed by atoms with van der Waals surface area (Å²) >= 11 is 0. The van der Waals surface area contributed by atoms with E-state index in [1.165, 1.54) is 0 Å². The molecule has 0 atom stereocenters. The SMILES string of the molecule is CCCNC(=NCc1ccc(O)cc1)NCC. The largest absolute Gasteiger partial charge is 0.508 e. The third-order valence-electron chi connectivity index (χ3n) is 2.24. The number of aromatic hydroxyl groups is 1. The summed E-state index contributed by atoms with van der Waals surface area (Å²) in [6.45, 7) is 6.55. The van der Waals surface area contributed by atoms with Gasteiger partial charge in [0.1, 0.15) is 5.75 Å². The fourth-order valence-electron chi connectivity index (χ4n) is 1.36. The quantitative estimate of drug-likeness (QED) is 0.539. The normalized spacial score (nSPS) is 11.3. The van der Waals surface area contributed by atoms with Crippen molar-refractivity contribution in [1.82, 2.24) is 10.6 Å². The van der Waals surface area contributed by atoms with E-state index >= 15 is 0 Å². The highest BCUT2D eigenvalue weighted by molar-refractivity contribution is 5.79. The first-order valence-corrected chi connectivity index (χ1v) is 6.06. The lowest BCUT2D eigenvalue weighted by Crippen LogP contribution is -2.37. The first-order valence-electron chi connectivity index (χ1n) is 6.06. The smallest absolute Gasteiger partial charge is 0.191 e. The number of phenolic OH excluding ortho intramolecular Hbond substituents is 1. The van der Waals surface area contributed by atoms with E-state index < -0.39 is 0 Å². The number of rotatable bonds is 5. The van der Waals surface area contributed by atoms with Crippen molar-refractivity contribution >= 4 is 5.96 Å². The van der Waals surface area contributed by atoms with Gasteiger partial charge in [0.05, 0.1) is 6.54 Å². The van der Waals surface area contributed by atoms with E-state index in [-0.39, 0.29) is 5.75 Å². The topological polar surface area (TPSA) is 56.7 Å². The molecule has 0 fully saturated rings. The molecule has 0 aliphatic heterocycles. The third-order valence-corrected chi connectivity index (χ3v) is 2.24. The highest BCUT2D eigenvalue weighted by Crippen LogP contribution is 2.10. The van der Waals surface area contributed by atoms with Crippen LogP contribution in [0.5, 0.6) is 5.75 Å². The van der Waals surface area contributed by atoms with Crippen LogP contribution in [0.25, 0.3) is 0 Å². The Morgan fingerprint density at radius 1 is 1.18 bits per heavy atom. The maximum atomic E-state index is 9.17. The van der Waals surface area contributed by atoms with Crippen LogP contribution in [0.1, 0.15) is 25.8 Å². The summed E-state index contributed by atoms with van der Waals surface area (Å²) in [6.07, 6.45) is 1.07. The second-order valence-electron chi connectivity index (χ2n) is 3.79. The third kappa shape index (κ3) is 5.24. The molecule has 0 spiro atoms. The second kappa shape index (κ2) is 7.54. The van der Waals surface area contributed by atoms with Crippen molar-refractivity contribution in [3.05, 3.63) is 29.8 Å². The molecule has 0 saturated carbocycles. The zero-order chi connectivity index (χ0) is 12.5. The van der Waals surface area contributed by atoms with E-state index in [0.29, 0.717) is 6.54 Å². The fourth-order valence-corrected chi connectivity index (χ4v) is 1.36. The van der Waals surface area contributed by atoms with Gasteiger partial charge in [0, 0.05) is 13.1 Å². The summed E-state index contributed by atoms with van der Waals surface area (Å²) in [7, 11) is 0. The first-order chi connectivity index (χ1) is 8.26. The minimum absolute atomic E-state index is 0.286. The highest BCUT2D eigenvalue weighted by atomic mass is 16.3. The van der Waals surface area contributed by atoms with Crippen LogP contribution in [-0.2, 0) is 6.54 Å². The number of nitrogens with zero attached hydrogens (tertiary/aromatic N) is 1. The van der Waals surface area contributed by atoms with Crippen molar-refractivity contribution in [2.24, 2.45) is 4.99 Å². The van der Waals surface area contributed by atoms with Crippen LogP contribution in [0.3, 0.4) is 0 Å². The van der Waals surface area contributed by atoms with Gasteiger partial charge in [-0.3, -0.25) is 0 Å². The molecule has 0 unspecified atom stereocenters. The summed E-state index contributed by atoms with van der Waals surface area (Å²) in [5.41, 5.74) is 1.08. The number of hydrogen-bond acceptors (Lipinski definition) is 2. The van der Waals surface area contributed by atoms with Crippen LogP contribution in [0.15, 0.2) is 29.3 Å². The predicted molar refractivity (Wildman–Crippen MR) is 71.2 cm³/mol. The molecule has 94 valence electrons. The molecule has 0 radical (unpaired) electrons. The van der Waals surface area contributed by atoms with Gasteiger partial charge in [0.25, 0.3) is 0 Å². The van der Waals surface area contributed by atoms with Crippen molar-refractivity contribution in [2.75, 3.05) is 13.1 Å². The molecule has 1 aromatic rings. The maximum absolute atomic E-state index is 9.17. The number of benzene rings is 1. The van der Waals surface area contributed by atoms with Gasteiger partial charge in [-0.2, -0.15) is 0 Å². The zero-order valence-corrected chi connectivity index (χ0v) is 10.5. The van der Waals surface area contributed by atoms with Crippen molar-refractivity contribution in [2.45, 2.75) is 26.8 Å².